The van der Waals surface area contributed by atoms with Crippen LogP contribution in [0.5, 0.6) is 0 Å². The van der Waals surface area contributed by atoms with Gasteiger partial charge in [0.15, 0.2) is 5.78 Å². The number of rotatable bonds is 6. The molecule has 1 aromatic carbocycles. The number of nitrogens with one attached hydrogen (secondary N) is 1. The van der Waals surface area contributed by atoms with E-state index in [2.05, 4.69) is 10.1 Å². The lowest BCUT2D eigenvalue weighted by Gasteiger charge is -2.02. The Labute approximate surface area is 123 Å². The van der Waals surface area contributed by atoms with Crippen LogP contribution in [-0.4, -0.2) is 25.4 Å². The minimum Gasteiger partial charge on any atom is -0.465 e. The lowest BCUT2D eigenvalue weighted by atomic mass is 10.1. The van der Waals surface area contributed by atoms with E-state index in [0.29, 0.717) is 11.6 Å². The fraction of sp³-hybridized carbons (Fsp3) is 0.200. The molecule has 0 aliphatic rings. The van der Waals surface area contributed by atoms with Gasteiger partial charge in [0, 0.05) is 17.8 Å². The fourth-order valence-electron chi connectivity index (χ4n) is 1.38. The molecule has 0 amide bonds. The van der Waals surface area contributed by atoms with Crippen LogP contribution in [0.3, 0.4) is 0 Å². The fourth-order valence-corrected chi connectivity index (χ4v) is 1.51. The first-order valence-corrected chi connectivity index (χ1v) is 6.46. The van der Waals surface area contributed by atoms with E-state index in [4.69, 9.17) is 11.6 Å². The first-order chi connectivity index (χ1) is 9.58. The molecule has 0 aromatic heterocycles. The van der Waals surface area contributed by atoms with Gasteiger partial charge in [0.25, 0.3) is 0 Å². The minimum absolute atomic E-state index is 0.0421. The molecule has 0 atom stereocenters. The monoisotopic (exact) mass is 293 g/mol. The molecule has 0 unspecified atom stereocenters. The number of allylic oxidation sites excluding steroid dienone is 1. The average molecular weight is 294 g/mol. The second kappa shape index (κ2) is 8.17. The number of ether oxygens (including phenoxy) is 1. The smallest absolute Gasteiger partial charge is 0.343 e. The van der Waals surface area contributed by atoms with Crippen molar-refractivity contribution in [1.29, 1.82) is 0 Å². The molecule has 0 saturated carbocycles. The van der Waals surface area contributed by atoms with Crippen molar-refractivity contribution >= 4 is 29.4 Å². The number of esters is 1. The molecule has 0 bridgehead atoms. The summed E-state index contributed by atoms with van der Waals surface area (Å²) in [6.45, 7) is 2.47. The van der Waals surface area contributed by atoms with E-state index >= 15 is 0 Å². The lowest BCUT2D eigenvalue weighted by molar-refractivity contribution is -0.137. The van der Waals surface area contributed by atoms with Crippen LogP contribution in [0.2, 0.25) is 5.02 Å². The highest BCUT2D eigenvalue weighted by Gasteiger charge is 2.16. The van der Waals surface area contributed by atoms with Crippen LogP contribution in [0.1, 0.15) is 12.5 Å². The van der Waals surface area contributed by atoms with Crippen LogP contribution < -0.4 is 5.32 Å². The van der Waals surface area contributed by atoms with E-state index in [1.54, 1.807) is 30.3 Å². The summed E-state index contributed by atoms with van der Waals surface area (Å²) in [5, 5.41) is 3.44. The molecular weight excluding hydrogens is 278 g/mol. The maximum Gasteiger partial charge on any atom is 0.343 e. The average Bonchev–Trinajstić information content (AvgIpc) is 2.46. The van der Waals surface area contributed by atoms with Crippen molar-refractivity contribution in [1.82, 2.24) is 5.32 Å². The molecule has 0 aliphatic carbocycles. The highest BCUT2D eigenvalue weighted by atomic mass is 35.5. The predicted molar refractivity (Wildman–Crippen MR) is 79.3 cm³/mol. The van der Waals surface area contributed by atoms with Crippen LogP contribution >= 0.6 is 11.6 Å². The van der Waals surface area contributed by atoms with Gasteiger partial charge in [0.1, 0.15) is 5.57 Å². The largest absolute Gasteiger partial charge is 0.465 e. The van der Waals surface area contributed by atoms with Crippen LogP contribution in [0.25, 0.3) is 6.08 Å². The van der Waals surface area contributed by atoms with Crippen molar-refractivity contribution in [2.45, 2.75) is 6.92 Å². The summed E-state index contributed by atoms with van der Waals surface area (Å²) in [4.78, 5) is 23.5. The van der Waals surface area contributed by atoms with Crippen molar-refractivity contribution in [3.8, 4) is 0 Å². The minimum atomic E-state index is -0.670. The van der Waals surface area contributed by atoms with Gasteiger partial charge in [-0.3, -0.25) is 4.79 Å². The summed E-state index contributed by atoms with van der Waals surface area (Å²) in [7, 11) is 1.23. The van der Waals surface area contributed by atoms with Gasteiger partial charge in [0.2, 0.25) is 0 Å². The molecule has 1 rings (SSSR count). The number of hydrogen-bond donors (Lipinski definition) is 1. The van der Waals surface area contributed by atoms with Crippen LogP contribution in [0, 0.1) is 0 Å². The molecule has 0 spiro atoms. The van der Waals surface area contributed by atoms with Crippen molar-refractivity contribution < 1.29 is 14.3 Å². The van der Waals surface area contributed by atoms with Gasteiger partial charge in [-0.05, 0) is 30.7 Å². The third kappa shape index (κ3) is 4.90. The van der Waals surface area contributed by atoms with Crippen LogP contribution in [-0.2, 0) is 14.3 Å². The number of benzene rings is 1. The van der Waals surface area contributed by atoms with Crippen LogP contribution in [0.4, 0.5) is 0 Å². The Morgan fingerprint density at radius 3 is 2.50 bits per heavy atom. The summed E-state index contributed by atoms with van der Waals surface area (Å²) in [5.41, 5.74) is 0.773. The molecule has 5 heteroatoms. The molecule has 1 N–H and O–H groups in total. The Balaban J connectivity index is 2.85. The topological polar surface area (TPSA) is 55.4 Å². The van der Waals surface area contributed by atoms with Crippen molar-refractivity contribution in [3.63, 3.8) is 0 Å². The zero-order valence-corrected chi connectivity index (χ0v) is 12.1. The lowest BCUT2D eigenvalue weighted by Crippen LogP contribution is -2.17. The summed E-state index contributed by atoms with van der Waals surface area (Å²) in [6.07, 6.45) is 4.30. The maximum atomic E-state index is 12.0. The van der Waals surface area contributed by atoms with E-state index in [1.807, 2.05) is 6.92 Å². The third-order valence-electron chi connectivity index (χ3n) is 2.42. The number of halogens is 1. The Kier molecular flexibility index (Phi) is 6.53. The Morgan fingerprint density at radius 2 is 1.95 bits per heavy atom. The standard InChI is InChI=1S/C15H16ClNO3/c1-3-17-10-13(15(19)20-2)14(18)9-6-11-4-7-12(16)8-5-11/h4-10,17H,3H2,1-2H3/b9-6+,13-10-. The zero-order valence-electron chi connectivity index (χ0n) is 11.4. The molecule has 0 saturated heterocycles. The van der Waals surface area contributed by atoms with Gasteiger partial charge < -0.3 is 10.1 Å². The summed E-state index contributed by atoms with van der Waals surface area (Å²) >= 11 is 5.77. The first kappa shape index (κ1) is 16.0. The number of carbonyl (C=O) groups is 2. The Bertz CT molecular complexity index is 533. The Morgan fingerprint density at radius 1 is 1.30 bits per heavy atom. The first-order valence-electron chi connectivity index (χ1n) is 6.08. The highest BCUT2D eigenvalue weighted by molar-refractivity contribution is 6.30. The van der Waals surface area contributed by atoms with E-state index < -0.39 is 11.8 Å². The molecule has 0 aliphatic heterocycles. The summed E-state index contributed by atoms with van der Waals surface area (Å²) in [6, 6.07) is 7.00. The number of carbonyl (C=O) groups excluding carboxylic acids is 2. The van der Waals surface area contributed by atoms with Gasteiger partial charge in [-0.1, -0.05) is 29.8 Å². The van der Waals surface area contributed by atoms with Gasteiger partial charge in [-0.15, -0.1) is 0 Å². The predicted octanol–water partition coefficient (Wildman–Crippen LogP) is 2.59. The van der Waals surface area contributed by atoms with Crippen molar-refractivity contribution in [2.24, 2.45) is 0 Å². The highest BCUT2D eigenvalue weighted by Crippen LogP contribution is 2.11. The molecule has 0 fully saturated rings. The molecule has 1 aromatic rings. The number of methoxy groups -OCH3 is 1. The molecule has 4 nitrogen and oxygen atoms in total. The molecule has 0 heterocycles. The molecule has 20 heavy (non-hydrogen) atoms. The quantitative estimate of drug-likeness (QED) is 0.379. The van der Waals surface area contributed by atoms with Gasteiger partial charge in [0.05, 0.1) is 7.11 Å². The molecule has 0 radical (unpaired) electrons. The van der Waals surface area contributed by atoms with E-state index in [9.17, 15) is 9.59 Å². The molecular formula is C15H16ClNO3. The van der Waals surface area contributed by atoms with Crippen LogP contribution in [0.15, 0.2) is 42.1 Å². The SMILES string of the molecule is CCN/C=C(/C(=O)/C=C/c1ccc(Cl)cc1)C(=O)OC. The second-order valence-electron chi connectivity index (χ2n) is 3.86. The van der Waals surface area contributed by atoms with Crippen molar-refractivity contribution in [2.75, 3.05) is 13.7 Å². The number of hydrogen-bond acceptors (Lipinski definition) is 4. The summed E-state index contributed by atoms with van der Waals surface area (Å²) in [5.74, 6) is -1.09. The Hall–Kier alpha value is -2.07. The molecule has 106 valence electrons. The van der Waals surface area contributed by atoms with Gasteiger partial charge >= 0.3 is 5.97 Å². The zero-order chi connectivity index (χ0) is 15.0. The maximum absolute atomic E-state index is 12.0. The normalized spacial score (nSPS) is 11.4. The van der Waals surface area contributed by atoms with Gasteiger partial charge in [-0.2, -0.15) is 0 Å². The van der Waals surface area contributed by atoms with E-state index in [1.165, 1.54) is 19.4 Å². The van der Waals surface area contributed by atoms with Gasteiger partial charge in [-0.25, -0.2) is 4.79 Å². The van der Waals surface area contributed by atoms with Crippen molar-refractivity contribution in [3.05, 3.63) is 52.7 Å². The third-order valence-corrected chi connectivity index (χ3v) is 2.67. The van der Waals surface area contributed by atoms with E-state index in [0.717, 1.165) is 5.56 Å². The van der Waals surface area contributed by atoms with E-state index in [-0.39, 0.29) is 5.57 Å². The number of ketones is 1. The second-order valence-corrected chi connectivity index (χ2v) is 4.29. The summed E-state index contributed by atoms with van der Waals surface area (Å²) < 4.78 is 4.58.